The minimum absolute atomic E-state index is 0.0775. The SMILES string of the molecule is NCC1(C(O)C2CC2)CCS(=O)(=O)C1. The van der Waals surface area contributed by atoms with Gasteiger partial charge in [-0.25, -0.2) is 8.42 Å². The lowest BCUT2D eigenvalue weighted by Crippen LogP contribution is -2.44. The highest BCUT2D eigenvalue weighted by Gasteiger charge is 2.51. The van der Waals surface area contributed by atoms with E-state index in [1.807, 2.05) is 0 Å². The monoisotopic (exact) mass is 219 g/mol. The number of aliphatic hydroxyl groups excluding tert-OH is 1. The zero-order chi connectivity index (χ0) is 10.4. The van der Waals surface area contributed by atoms with Crippen molar-refractivity contribution in [1.29, 1.82) is 0 Å². The van der Waals surface area contributed by atoms with Crippen molar-refractivity contribution in [2.24, 2.45) is 17.1 Å². The van der Waals surface area contributed by atoms with Crippen LogP contribution in [-0.4, -0.2) is 37.7 Å². The van der Waals surface area contributed by atoms with Gasteiger partial charge in [0.15, 0.2) is 9.84 Å². The van der Waals surface area contributed by atoms with E-state index in [9.17, 15) is 13.5 Å². The van der Waals surface area contributed by atoms with E-state index in [-0.39, 0.29) is 18.1 Å². The Morgan fingerprint density at radius 1 is 1.50 bits per heavy atom. The molecule has 0 aromatic rings. The summed E-state index contributed by atoms with van der Waals surface area (Å²) in [5.74, 6) is 0.564. The summed E-state index contributed by atoms with van der Waals surface area (Å²) in [5, 5.41) is 10.0. The summed E-state index contributed by atoms with van der Waals surface area (Å²) in [5.41, 5.74) is 5.09. The molecule has 0 radical (unpaired) electrons. The second-order valence-corrected chi connectivity index (χ2v) is 6.87. The predicted octanol–water partition coefficient (Wildman–Crippen LogP) is -0.479. The molecule has 4 nitrogen and oxygen atoms in total. The third-order valence-electron chi connectivity index (χ3n) is 3.52. The smallest absolute Gasteiger partial charge is 0.151 e. The van der Waals surface area contributed by atoms with Gasteiger partial charge in [-0.3, -0.25) is 0 Å². The van der Waals surface area contributed by atoms with Gasteiger partial charge in [-0.2, -0.15) is 0 Å². The predicted molar refractivity (Wildman–Crippen MR) is 53.5 cm³/mol. The van der Waals surface area contributed by atoms with E-state index in [0.29, 0.717) is 12.3 Å². The molecule has 82 valence electrons. The summed E-state index contributed by atoms with van der Waals surface area (Å²) in [4.78, 5) is 0. The first-order chi connectivity index (χ1) is 6.49. The maximum atomic E-state index is 11.4. The van der Waals surface area contributed by atoms with Crippen LogP contribution in [0.4, 0.5) is 0 Å². The maximum absolute atomic E-state index is 11.4. The summed E-state index contributed by atoms with van der Waals surface area (Å²) in [7, 11) is -2.96. The molecule has 0 aromatic heterocycles. The lowest BCUT2D eigenvalue weighted by atomic mass is 9.79. The minimum atomic E-state index is -2.96. The van der Waals surface area contributed by atoms with Gasteiger partial charge in [0.25, 0.3) is 0 Å². The number of nitrogens with two attached hydrogens (primary N) is 1. The topological polar surface area (TPSA) is 80.4 Å². The number of hydrogen-bond acceptors (Lipinski definition) is 4. The van der Waals surface area contributed by atoms with Gasteiger partial charge in [0.05, 0.1) is 17.6 Å². The molecule has 1 aliphatic heterocycles. The van der Waals surface area contributed by atoms with E-state index >= 15 is 0 Å². The second-order valence-electron chi connectivity index (χ2n) is 4.69. The first-order valence-electron chi connectivity index (χ1n) is 5.08. The van der Waals surface area contributed by atoms with Gasteiger partial charge >= 0.3 is 0 Å². The number of sulfone groups is 1. The maximum Gasteiger partial charge on any atom is 0.151 e. The molecule has 0 bridgehead atoms. The van der Waals surface area contributed by atoms with Crippen molar-refractivity contribution < 1.29 is 13.5 Å². The molecule has 2 fully saturated rings. The Balaban J connectivity index is 2.18. The number of rotatable bonds is 3. The Hall–Kier alpha value is -0.130. The molecule has 3 N–H and O–H groups in total. The standard InChI is InChI=1S/C9H17NO3S/c10-5-9(8(11)7-1-2-7)3-4-14(12,13)6-9/h7-8,11H,1-6,10H2. The highest BCUT2D eigenvalue weighted by molar-refractivity contribution is 7.91. The van der Waals surface area contributed by atoms with Crippen LogP contribution in [0, 0.1) is 11.3 Å². The average Bonchev–Trinajstić information content (AvgIpc) is 2.90. The zero-order valence-corrected chi connectivity index (χ0v) is 8.96. The first kappa shape index (κ1) is 10.4. The van der Waals surface area contributed by atoms with Crippen molar-refractivity contribution in [2.75, 3.05) is 18.1 Å². The summed E-state index contributed by atoms with van der Waals surface area (Å²) < 4.78 is 22.8. The van der Waals surface area contributed by atoms with Gasteiger partial charge in [0.1, 0.15) is 0 Å². The summed E-state index contributed by atoms with van der Waals surface area (Å²) in [6.07, 6.45) is 2.06. The van der Waals surface area contributed by atoms with Crippen molar-refractivity contribution in [1.82, 2.24) is 0 Å². The van der Waals surface area contributed by atoms with Crippen molar-refractivity contribution in [3.8, 4) is 0 Å². The Labute approximate surface area is 84.4 Å². The zero-order valence-electron chi connectivity index (χ0n) is 8.15. The number of hydrogen-bond donors (Lipinski definition) is 2. The van der Waals surface area contributed by atoms with E-state index in [0.717, 1.165) is 12.8 Å². The minimum Gasteiger partial charge on any atom is -0.392 e. The molecule has 2 rings (SSSR count). The third-order valence-corrected chi connectivity index (χ3v) is 5.36. The molecule has 0 aromatic carbocycles. The van der Waals surface area contributed by atoms with E-state index < -0.39 is 21.4 Å². The Morgan fingerprint density at radius 3 is 2.50 bits per heavy atom. The molecule has 1 saturated heterocycles. The van der Waals surface area contributed by atoms with Crippen LogP contribution in [0.5, 0.6) is 0 Å². The first-order valence-corrected chi connectivity index (χ1v) is 6.90. The van der Waals surface area contributed by atoms with Crippen LogP contribution in [0.2, 0.25) is 0 Å². The molecule has 2 atom stereocenters. The molecule has 2 unspecified atom stereocenters. The molecule has 2 aliphatic rings. The molecule has 1 aliphatic carbocycles. The van der Waals surface area contributed by atoms with E-state index in [1.165, 1.54) is 0 Å². The second kappa shape index (κ2) is 3.18. The molecule has 1 heterocycles. The molecule has 0 spiro atoms. The summed E-state index contributed by atoms with van der Waals surface area (Å²) in [6, 6.07) is 0. The number of aliphatic hydroxyl groups is 1. The Kier molecular flexibility index (Phi) is 2.36. The van der Waals surface area contributed by atoms with Gasteiger partial charge in [0, 0.05) is 12.0 Å². The normalized spacial score (nSPS) is 38.4. The molecule has 0 amide bonds. The fraction of sp³-hybridized carbons (Fsp3) is 1.00. The van der Waals surface area contributed by atoms with E-state index in [1.54, 1.807) is 0 Å². The van der Waals surface area contributed by atoms with Crippen LogP contribution in [0.3, 0.4) is 0 Å². The van der Waals surface area contributed by atoms with Crippen LogP contribution >= 0.6 is 0 Å². The van der Waals surface area contributed by atoms with Crippen LogP contribution in [0.15, 0.2) is 0 Å². The summed E-state index contributed by atoms with van der Waals surface area (Å²) >= 11 is 0. The van der Waals surface area contributed by atoms with Crippen LogP contribution < -0.4 is 5.73 Å². The van der Waals surface area contributed by atoms with Crippen LogP contribution in [0.25, 0.3) is 0 Å². The van der Waals surface area contributed by atoms with Crippen molar-refractivity contribution in [2.45, 2.75) is 25.4 Å². The third kappa shape index (κ3) is 1.68. The van der Waals surface area contributed by atoms with Gasteiger partial charge < -0.3 is 10.8 Å². The molecular formula is C9H17NO3S. The lowest BCUT2D eigenvalue weighted by molar-refractivity contribution is 0.0301. The average molecular weight is 219 g/mol. The van der Waals surface area contributed by atoms with Gasteiger partial charge in [0.2, 0.25) is 0 Å². The fourth-order valence-corrected chi connectivity index (χ4v) is 4.54. The highest BCUT2D eigenvalue weighted by Crippen LogP contribution is 2.45. The van der Waals surface area contributed by atoms with E-state index in [4.69, 9.17) is 5.73 Å². The Morgan fingerprint density at radius 2 is 2.14 bits per heavy atom. The van der Waals surface area contributed by atoms with Crippen molar-refractivity contribution in [3.05, 3.63) is 0 Å². The molecule has 1 saturated carbocycles. The quantitative estimate of drug-likeness (QED) is 0.672. The van der Waals surface area contributed by atoms with E-state index in [2.05, 4.69) is 0 Å². The largest absolute Gasteiger partial charge is 0.392 e. The molecule has 5 heteroatoms. The van der Waals surface area contributed by atoms with Gasteiger partial charge in [-0.05, 0) is 25.2 Å². The van der Waals surface area contributed by atoms with Crippen molar-refractivity contribution >= 4 is 9.84 Å². The van der Waals surface area contributed by atoms with Crippen molar-refractivity contribution in [3.63, 3.8) is 0 Å². The molecule has 14 heavy (non-hydrogen) atoms. The summed E-state index contributed by atoms with van der Waals surface area (Å²) in [6.45, 7) is 0.282. The van der Waals surface area contributed by atoms with Gasteiger partial charge in [-0.1, -0.05) is 0 Å². The van der Waals surface area contributed by atoms with Gasteiger partial charge in [-0.15, -0.1) is 0 Å². The molecular weight excluding hydrogens is 202 g/mol. The van der Waals surface area contributed by atoms with Crippen LogP contribution in [-0.2, 0) is 9.84 Å². The fourth-order valence-electron chi connectivity index (χ4n) is 2.37. The Bertz CT molecular complexity index is 323. The highest BCUT2D eigenvalue weighted by atomic mass is 32.2. The van der Waals surface area contributed by atoms with Crippen LogP contribution in [0.1, 0.15) is 19.3 Å². The lowest BCUT2D eigenvalue weighted by Gasteiger charge is -2.31.